The van der Waals surface area contributed by atoms with Gasteiger partial charge >= 0.3 is 0 Å². The summed E-state index contributed by atoms with van der Waals surface area (Å²) in [6.45, 7) is 5.99. The van der Waals surface area contributed by atoms with Gasteiger partial charge in [-0.3, -0.25) is 0 Å². The molecule has 0 aliphatic carbocycles. The molecule has 4 nitrogen and oxygen atoms in total. The van der Waals surface area contributed by atoms with Gasteiger partial charge in [0.2, 0.25) is 0 Å². The summed E-state index contributed by atoms with van der Waals surface area (Å²) < 4.78 is 0. The lowest BCUT2D eigenvalue weighted by atomic mass is 10.2. The minimum atomic E-state index is 0. The van der Waals surface area contributed by atoms with Gasteiger partial charge in [0.05, 0.1) is 13.2 Å². The molecule has 4 rings (SSSR count). The van der Waals surface area contributed by atoms with E-state index in [2.05, 4.69) is 25.6 Å². The predicted molar refractivity (Wildman–Crippen MR) is 144 cm³/mol. The highest BCUT2D eigenvalue weighted by Gasteiger charge is 1.82. The highest BCUT2D eigenvalue weighted by Crippen LogP contribution is 1.98. The van der Waals surface area contributed by atoms with Crippen LogP contribution in [0.1, 0.15) is 22.3 Å². The number of aryl methyl sites for hydroxylation is 1. The number of aliphatic hydroxyl groups excluding tert-OH is 3. The Balaban J connectivity index is 0. The SMILES string of the molecule is C=Cc1ccccc1.CO.Cc1ccccc1.O.OCc1ccccc1.OCc1ccccc1. The van der Waals surface area contributed by atoms with E-state index in [4.69, 9.17) is 15.3 Å². The van der Waals surface area contributed by atoms with Crippen LogP contribution in [0.5, 0.6) is 0 Å². The van der Waals surface area contributed by atoms with Gasteiger partial charge in [0.25, 0.3) is 0 Å². The van der Waals surface area contributed by atoms with Crippen molar-refractivity contribution in [2.75, 3.05) is 7.11 Å². The predicted octanol–water partition coefficient (Wildman–Crippen LogP) is 5.47. The lowest BCUT2D eigenvalue weighted by molar-refractivity contribution is 0.281. The van der Waals surface area contributed by atoms with Gasteiger partial charge < -0.3 is 20.8 Å². The Morgan fingerprint density at radius 1 is 0.559 bits per heavy atom. The molecule has 0 unspecified atom stereocenters. The largest absolute Gasteiger partial charge is 0.412 e. The van der Waals surface area contributed by atoms with Crippen molar-refractivity contribution >= 4 is 6.08 Å². The van der Waals surface area contributed by atoms with Gasteiger partial charge in [-0.05, 0) is 23.6 Å². The maximum atomic E-state index is 8.54. The topological polar surface area (TPSA) is 92.2 Å². The van der Waals surface area contributed by atoms with Gasteiger partial charge in [-0.25, -0.2) is 0 Å². The van der Waals surface area contributed by atoms with E-state index < -0.39 is 0 Å². The first kappa shape index (κ1) is 32.6. The van der Waals surface area contributed by atoms with Crippen LogP contribution in [0.2, 0.25) is 0 Å². The Labute approximate surface area is 204 Å². The molecular formula is C30H38O4. The molecule has 34 heavy (non-hydrogen) atoms. The van der Waals surface area contributed by atoms with Gasteiger partial charge in [0.1, 0.15) is 0 Å². The molecule has 4 aromatic rings. The van der Waals surface area contributed by atoms with E-state index in [-0.39, 0.29) is 18.7 Å². The monoisotopic (exact) mass is 462 g/mol. The van der Waals surface area contributed by atoms with Gasteiger partial charge in [-0.1, -0.05) is 140 Å². The van der Waals surface area contributed by atoms with Crippen LogP contribution < -0.4 is 0 Å². The number of rotatable bonds is 3. The molecule has 0 fully saturated rings. The molecule has 0 saturated heterocycles. The van der Waals surface area contributed by atoms with E-state index >= 15 is 0 Å². The molecule has 182 valence electrons. The minimum Gasteiger partial charge on any atom is -0.412 e. The summed E-state index contributed by atoms with van der Waals surface area (Å²) in [5, 5.41) is 24.1. The highest BCUT2D eigenvalue weighted by atomic mass is 16.3. The second-order valence-electron chi connectivity index (χ2n) is 6.56. The summed E-state index contributed by atoms with van der Waals surface area (Å²) in [6.07, 6.45) is 1.83. The molecule has 0 amide bonds. The molecule has 0 radical (unpaired) electrons. The van der Waals surface area contributed by atoms with Crippen molar-refractivity contribution in [1.29, 1.82) is 0 Å². The van der Waals surface area contributed by atoms with Gasteiger partial charge in [-0.2, -0.15) is 0 Å². The van der Waals surface area contributed by atoms with Crippen LogP contribution in [0.25, 0.3) is 6.08 Å². The Morgan fingerprint density at radius 3 is 1.03 bits per heavy atom. The van der Waals surface area contributed by atoms with Crippen molar-refractivity contribution in [3.8, 4) is 0 Å². The van der Waals surface area contributed by atoms with Crippen molar-refractivity contribution in [2.24, 2.45) is 0 Å². The maximum absolute atomic E-state index is 8.54. The number of aliphatic hydroxyl groups is 3. The molecule has 5 N–H and O–H groups in total. The molecule has 0 bridgehead atoms. The third-order valence-corrected chi connectivity index (χ3v) is 4.03. The average Bonchev–Trinajstić information content (AvgIpc) is 2.93. The van der Waals surface area contributed by atoms with Crippen molar-refractivity contribution in [1.82, 2.24) is 0 Å². The van der Waals surface area contributed by atoms with E-state index in [1.165, 1.54) is 11.1 Å². The number of benzene rings is 4. The summed E-state index contributed by atoms with van der Waals surface area (Å²) in [5.74, 6) is 0. The van der Waals surface area contributed by atoms with E-state index in [0.29, 0.717) is 0 Å². The number of hydrogen-bond donors (Lipinski definition) is 3. The average molecular weight is 463 g/mol. The Morgan fingerprint density at radius 2 is 0.853 bits per heavy atom. The van der Waals surface area contributed by atoms with Crippen LogP contribution >= 0.6 is 0 Å². The van der Waals surface area contributed by atoms with Gasteiger partial charge in [-0.15, -0.1) is 0 Å². The Bertz CT molecular complexity index is 873. The first-order valence-electron chi connectivity index (χ1n) is 10.6. The van der Waals surface area contributed by atoms with Crippen molar-refractivity contribution in [3.63, 3.8) is 0 Å². The van der Waals surface area contributed by atoms with Crippen molar-refractivity contribution < 1.29 is 20.8 Å². The minimum absolute atomic E-state index is 0. The molecule has 0 aromatic heterocycles. The summed E-state index contributed by atoms with van der Waals surface area (Å²) >= 11 is 0. The molecule has 0 atom stereocenters. The van der Waals surface area contributed by atoms with Crippen LogP contribution in [-0.4, -0.2) is 27.9 Å². The van der Waals surface area contributed by atoms with Crippen LogP contribution in [0.4, 0.5) is 0 Å². The quantitative estimate of drug-likeness (QED) is 0.377. The van der Waals surface area contributed by atoms with Gasteiger partial charge in [0.15, 0.2) is 0 Å². The first-order valence-corrected chi connectivity index (χ1v) is 10.6. The molecule has 0 heterocycles. The summed E-state index contributed by atoms with van der Waals surface area (Å²) in [7, 11) is 1.00. The Kier molecular flexibility index (Phi) is 23.1. The maximum Gasteiger partial charge on any atom is 0.0681 e. The second-order valence-corrected chi connectivity index (χ2v) is 6.56. The Hall–Kier alpha value is -3.54. The zero-order valence-electron chi connectivity index (χ0n) is 20.1. The third kappa shape index (κ3) is 18.1. The fourth-order valence-electron chi connectivity index (χ4n) is 2.29. The fraction of sp³-hybridized carbons (Fsp3) is 0.133. The lowest BCUT2D eigenvalue weighted by Gasteiger charge is -1.89. The summed E-state index contributed by atoms with van der Waals surface area (Å²) in [6, 6.07) is 39.3. The normalized spacial score (nSPS) is 8.26. The molecule has 0 aliphatic heterocycles. The molecule has 4 aromatic carbocycles. The van der Waals surface area contributed by atoms with Crippen LogP contribution in [-0.2, 0) is 13.2 Å². The first-order chi connectivity index (χ1) is 16.2. The lowest BCUT2D eigenvalue weighted by Crippen LogP contribution is -1.77. The summed E-state index contributed by atoms with van der Waals surface area (Å²) in [5.41, 5.74) is 4.43. The molecular weight excluding hydrogens is 424 g/mol. The van der Waals surface area contributed by atoms with E-state index in [0.717, 1.165) is 18.2 Å². The van der Waals surface area contributed by atoms with Crippen LogP contribution in [0, 0.1) is 6.92 Å². The zero-order valence-corrected chi connectivity index (χ0v) is 20.1. The third-order valence-electron chi connectivity index (χ3n) is 4.03. The van der Waals surface area contributed by atoms with Crippen LogP contribution in [0.3, 0.4) is 0 Å². The molecule has 4 heteroatoms. The van der Waals surface area contributed by atoms with E-state index in [1.807, 2.05) is 115 Å². The zero-order chi connectivity index (χ0) is 24.6. The number of hydrogen-bond acceptors (Lipinski definition) is 3. The summed E-state index contributed by atoms with van der Waals surface area (Å²) in [4.78, 5) is 0. The highest BCUT2D eigenvalue weighted by molar-refractivity contribution is 5.45. The molecule has 0 aliphatic rings. The van der Waals surface area contributed by atoms with E-state index in [1.54, 1.807) is 0 Å². The smallest absolute Gasteiger partial charge is 0.0681 e. The fourth-order valence-corrected chi connectivity index (χ4v) is 2.29. The van der Waals surface area contributed by atoms with Crippen LogP contribution in [0.15, 0.2) is 128 Å². The molecule has 0 spiro atoms. The van der Waals surface area contributed by atoms with Crippen molar-refractivity contribution in [3.05, 3.63) is 150 Å². The molecule has 0 saturated carbocycles. The second kappa shape index (κ2) is 24.1. The standard InChI is InChI=1S/C8H8.2C7H8O.C7H8.CH4O.H2O/c1-2-8-6-4-3-5-7-8;2*8-6-7-4-2-1-3-5-7;1-7-5-3-2-4-6-7;1-2;/h2-7H,1H2;2*1-5,8H,6H2;2-6H,1H3;2H,1H3;1H2. The van der Waals surface area contributed by atoms with Gasteiger partial charge in [0, 0.05) is 7.11 Å². The van der Waals surface area contributed by atoms with E-state index in [9.17, 15) is 0 Å². The van der Waals surface area contributed by atoms with Crippen molar-refractivity contribution in [2.45, 2.75) is 20.1 Å².